The van der Waals surface area contributed by atoms with Crippen molar-refractivity contribution in [2.45, 2.75) is 25.8 Å². The maximum Gasteiger partial charge on any atom is 0.253 e. The van der Waals surface area contributed by atoms with E-state index in [4.69, 9.17) is 5.11 Å². The van der Waals surface area contributed by atoms with Crippen LogP contribution in [-0.2, 0) is 0 Å². The van der Waals surface area contributed by atoms with Crippen molar-refractivity contribution in [3.8, 4) is 0 Å². The molecule has 2 aromatic carbocycles. The summed E-state index contributed by atoms with van der Waals surface area (Å²) in [5, 5.41) is 11.9. The van der Waals surface area contributed by atoms with Crippen molar-refractivity contribution in [3.63, 3.8) is 0 Å². The van der Waals surface area contributed by atoms with E-state index in [2.05, 4.69) is 5.32 Å². The molecule has 0 radical (unpaired) electrons. The molecule has 0 fully saturated rings. The Balaban J connectivity index is 2.18. The molecule has 1 atom stereocenters. The van der Waals surface area contributed by atoms with E-state index in [1.54, 1.807) is 0 Å². The molecule has 0 bridgehead atoms. The van der Waals surface area contributed by atoms with E-state index in [0.29, 0.717) is 12.0 Å². The number of benzene rings is 2. The van der Waals surface area contributed by atoms with Gasteiger partial charge in [0.05, 0.1) is 11.3 Å². The smallest absolute Gasteiger partial charge is 0.253 e. The van der Waals surface area contributed by atoms with E-state index in [1.807, 2.05) is 73.5 Å². The molecule has 0 aliphatic carbocycles. The summed E-state index contributed by atoms with van der Waals surface area (Å²) in [6, 6.07) is 17.6. The second-order valence-corrected chi connectivity index (χ2v) is 5.65. The highest BCUT2D eigenvalue weighted by atomic mass is 16.3. The Morgan fingerprint density at radius 3 is 2.48 bits per heavy atom. The lowest BCUT2D eigenvalue weighted by Gasteiger charge is -2.23. The van der Waals surface area contributed by atoms with Gasteiger partial charge in [-0.15, -0.1) is 0 Å². The topological polar surface area (TPSA) is 52.6 Å². The van der Waals surface area contributed by atoms with E-state index in [9.17, 15) is 4.79 Å². The van der Waals surface area contributed by atoms with Crippen molar-refractivity contribution in [1.29, 1.82) is 0 Å². The van der Waals surface area contributed by atoms with Crippen LogP contribution < -0.4 is 10.2 Å². The number of aliphatic hydroxyl groups excluding tert-OH is 1. The van der Waals surface area contributed by atoms with Gasteiger partial charge in [0.2, 0.25) is 0 Å². The molecule has 122 valence electrons. The molecule has 0 aromatic heterocycles. The molecule has 4 nitrogen and oxygen atoms in total. The highest BCUT2D eigenvalue weighted by Crippen LogP contribution is 2.26. The standard InChI is InChI=1S/C19H24N2O2/c1-15(9-8-14-22)20-19(23)17-12-6-7-13-18(17)21(2)16-10-4-3-5-11-16/h3-7,10-13,15,22H,8-9,14H2,1-2H3,(H,20,23). The predicted octanol–water partition coefficient (Wildman–Crippen LogP) is 3.35. The third-order valence-electron chi connectivity index (χ3n) is 3.83. The van der Waals surface area contributed by atoms with E-state index in [0.717, 1.165) is 17.8 Å². The van der Waals surface area contributed by atoms with Gasteiger partial charge in [-0.2, -0.15) is 0 Å². The summed E-state index contributed by atoms with van der Waals surface area (Å²) in [6.07, 6.45) is 1.45. The van der Waals surface area contributed by atoms with Crippen LogP contribution in [0.5, 0.6) is 0 Å². The fourth-order valence-corrected chi connectivity index (χ4v) is 2.52. The van der Waals surface area contributed by atoms with Crippen LogP contribution in [0.3, 0.4) is 0 Å². The first-order valence-corrected chi connectivity index (χ1v) is 7.93. The van der Waals surface area contributed by atoms with Gasteiger partial charge in [0.25, 0.3) is 5.91 Å². The molecule has 0 saturated heterocycles. The predicted molar refractivity (Wildman–Crippen MR) is 94.2 cm³/mol. The Hall–Kier alpha value is -2.33. The van der Waals surface area contributed by atoms with Crippen molar-refractivity contribution in [3.05, 3.63) is 60.2 Å². The SMILES string of the molecule is CC(CCCO)NC(=O)c1ccccc1N(C)c1ccccc1. The summed E-state index contributed by atoms with van der Waals surface area (Å²) >= 11 is 0. The molecule has 0 heterocycles. The monoisotopic (exact) mass is 312 g/mol. The minimum atomic E-state index is -0.0891. The molecule has 0 aliphatic heterocycles. The Labute approximate surface area is 137 Å². The number of carbonyl (C=O) groups excluding carboxylic acids is 1. The first-order valence-electron chi connectivity index (χ1n) is 7.93. The normalized spacial score (nSPS) is 11.8. The van der Waals surface area contributed by atoms with E-state index in [-0.39, 0.29) is 18.6 Å². The molecule has 23 heavy (non-hydrogen) atoms. The molecule has 0 saturated carbocycles. The Morgan fingerprint density at radius 1 is 1.13 bits per heavy atom. The average Bonchev–Trinajstić information content (AvgIpc) is 2.60. The zero-order chi connectivity index (χ0) is 16.7. The van der Waals surface area contributed by atoms with Crippen LogP contribution >= 0.6 is 0 Å². The number of hydrogen-bond donors (Lipinski definition) is 2. The zero-order valence-corrected chi connectivity index (χ0v) is 13.7. The molecule has 1 amide bonds. The van der Waals surface area contributed by atoms with Crippen LogP contribution in [0.2, 0.25) is 0 Å². The lowest BCUT2D eigenvalue weighted by atomic mass is 10.1. The van der Waals surface area contributed by atoms with Crippen LogP contribution in [0.25, 0.3) is 0 Å². The Kier molecular flexibility index (Phi) is 6.18. The lowest BCUT2D eigenvalue weighted by molar-refractivity contribution is 0.0937. The van der Waals surface area contributed by atoms with E-state index in [1.165, 1.54) is 0 Å². The number of amides is 1. The second kappa shape index (κ2) is 8.34. The summed E-state index contributed by atoms with van der Waals surface area (Å²) in [4.78, 5) is 14.6. The molecule has 0 spiro atoms. The van der Waals surface area contributed by atoms with Crippen LogP contribution in [0.4, 0.5) is 11.4 Å². The van der Waals surface area contributed by atoms with Crippen LogP contribution in [-0.4, -0.2) is 30.7 Å². The van der Waals surface area contributed by atoms with Gasteiger partial charge in [-0.05, 0) is 44.0 Å². The average molecular weight is 312 g/mol. The number of hydrogen-bond acceptors (Lipinski definition) is 3. The first-order chi connectivity index (χ1) is 11.1. The van der Waals surface area contributed by atoms with Crippen molar-refractivity contribution < 1.29 is 9.90 Å². The Morgan fingerprint density at radius 2 is 1.78 bits per heavy atom. The Bertz CT molecular complexity index is 628. The minimum Gasteiger partial charge on any atom is -0.396 e. The maximum atomic E-state index is 12.6. The summed E-state index contributed by atoms with van der Waals surface area (Å²) in [5.41, 5.74) is 2.54. The van der Waals surface area contributed by atoms with Gasteiger partial charge in [0, 0.05) is 25.4 Å². The second-order valence-electron chi connectivity index (χ2n) is 5.65. The van der Waals surface area contributed by atoms with Crippen molar-refractivity contribution in [2.75, 3.05) is 18.6 Å². The number of para-hydroxylation sites is 2. The van der Waals surface area contributed by atoms with Gasteiger partial charge in [-0.3, -0.25) is 4.79 Å². The molecule has 1 unspecified atom stereocenters. The van der Waals surface area contributed by atoms with Gasteiger partial charge < -0.3 is 15.3 Å². The molecule has 2 aromatic rings. The maximum absolute atomic E-state index is 12.6. The number of nitrogens with zero attached hydrogens (tertiary/aromatic N) is 1. The van der Waals surface area contributed by atoms with Gasteiger partial charge >= 0.3 is 0 Å². The fraction of sp³-hybridized carbons (Fsp3) is 0.316. The van der Waals surface area contributed by atoms with Crippen LogP contribution in [0.1, 0.15) is 30.1 Å². The lowest BCUT2D eigenvalue weighted by Crippen LogP contribution is -2.33. The third kappa shape index (κ3) is 4.57. The molecule has 4 heteroatoms. The summed E-state index contributed by atoms with van der Waals surface area (Å²) in [5.74, 6) is -0.0891. The van der Waals surface area contributed by atoms with Gasteiger partial charge in [0.1, 0.15) is 0 Å². The zero-order valence-electron chi connectivity index (χ0n) is 13.7. The summed E-state index contributed by atoms with van der Waals surface area (Å²) in [7, 11) is 1.95. The highest BCUT2D eigenvalue weighted by molar-refractivity contribution is 6.00. The number of aliphatic hydroxyl groups is 1. The van der Waals surface area contributed by atoms with Crippen molar-refractivity contribution >= 4 is 17.3 Å². The quantitative estimate of drug-likeness (QED) is 0.824. The number of nitrogens with one attached hydrogen (secondary N) is 1. The molecule has 2 rings (SSSR count). The minimum absolute atomic E-state index is 0.0322. The van der Waals surface area contributed by atoms with Gasteiger partial charge in [0.15, 0.2) is 0 Å². The number of anilines is 2. The van der Waals surface area contributed by atoms with Crippen molar-refractivity contribution in [2.24, 2.45) is 0 Å². The number of rotatable bonds is 7. The van der Waals surface area contributed by atoms with E-state index < -0.39 is 0 Å². The summed E-state index contributed by atoms with van der Waals surface area (Å²) in [6.45, 7) is 2.10. The van der Waals surface area contributed by atoms with Gasteiger partial charge in [-0.1, -0.05) is 30.3 Å². The molecule has 2 N–H and O–H groups in total. The fourth-order valence-electron chi connectivity index (χ4n) is 2.52. The molecular weight excluding hydrogens is 288 g/mol. The van der Waals surface area contributed by atoms with E-state index >= 15 is 0 Å². The van der Waals surface area contributed by atoms with Crippen LogP contribution in [0.15, 0.2) is 54.6 Å². The largest absolute Gasteiger partial charge is 0.396 e. The first kappa shape index (κ1) is 17.0. The number of carbonyl (C=O) groups is 1. The molecular formula is C19H24N2O2. The van der Waals surface area contributed by atoms with Crippen LogP contribution in [0, 0.1) is 0 Å². The molecule has 0 aliphatic rings. The van der Waals surface area contributed by atoms with Gasteiger partial charge in [-0.25, -0.2) is 0 Å². The van der Waals surface area contributed by atoms with Crippen molar-refractivity contribution in [1.82, 2.24) is 5.32 Å². The summed E-state index contributed by atoms with van der Waals surface area (Å²) < 4.78 is 0. The highest BCUT2D eigenvalue weighted by Gasteiger charge is 2.16. The third-order valence-corrected chi connectivity index (χ3v) is 3.83.